The monoisotopic (exact) mass is 433 g/mol. The van der Waals surface area contributed by atoms with Gasteiger partial charge in [-0.1, -0.05) is 0 Å². The number of ether oxygens (including phenoxy) is 2. The molecule has 0 aliphatic carbocycles. The van der Waals surface area contributed by atoms with E-state index in [9.17, 15) is 24.3 Å². The average molecular weight is 433 g/mol. The van der Waals surface area contributed by atoms with Crippen LogP contribution in [0.4, 0.5) is 5.69 Å². The third kappa shape index (κ3) is 4.57. The van der Waals surface area contributed by atoms with E-state index in [0.29, 0.717) is 36.6 Å². The molecule has 2 aliphatic heterocycles. The summed E-state index contributed by atoms with van der Waals surface area (Å²) < 4.78 is 10.6. The summed E-state index contributed by atoms with van der Waals surface area (Å²) >= 11 is 0. The number of benzene rings is 1. The van der Waals surface area contributed by atoms with Crippen LogP contribution in [0.1, 0.15) is 26.2 Å². The Hall–Kier alpha value is -3.30. The summed E-state index contributed by atoms with van der Waals surface area (Å²) in [5.41, 5.74) is 0.507. The molecule has 31 heavy (non-hydrogen) atoms. The van der Waals surface area contributed by atoms with Crippen LogP contribution in [0.3, 0.4) is 0 Å². The number of carbonyl (C=O) groups excluding carboxylic acids is 3. The molecule has 10 nitrogen and oxygen atoms in total. The van der Waals surface area contributed by atoms with Crippen LogP contribution in [0.2, 0.25) is 0 Å². The summed E-state index contributed by atoms with van der Waals surface area (Å²) in [6.07, 6.45) is 1.00. The lowest BCUT2D eigenvalue weighted by Crippen LogP contribution is -2.51. The Morgan fingerprint density at radius 1 is 1.23 bits per heavy atom. The fourth-order valence-electron chi connectivity index (χ4n) is 4.05. The van der Waals surface area contributed by atoms with Crippen molar-refractivity contribution in [2.45, 2.75) is 38.3 Å². The van der Waals surface area contributed by atoms with Crippen LogP contribution in [-0.2, 0) is 19.2 Å². The summed E-state index contributed by atoms with van der Waals surface area (Å²) in [7, 11) is 3.01. The molecule has 1 aromatic carbocycles. The zero-order valence-electron chi connectivity index (χ0n) is 17.8. The normalized spacial score (nSPS) is 21.7. The van der Waals surface area contributed by atoms with Gasteiger partial charge in [0, 0.05) is 25.6 Å². The van der Waals surface area contributed by atoms with Crippen molar-refractivity contribution in [1.29, 1.82) is 0 Å². The number of aliphatic carboxylic acids is 1. The second kappa shape index (κ2) is 9.23. The average Bonchev–Trinajstić information content (AvgIpc) is 3.39. The van der Waals surface area contributed by atoms with Gasteiger partial charge in [0.25, 0.3) is 0 Å². The molecule has 2 N–H and O–H groups in total. The maximum absolute atomic E-state index is 12.8. The molecule has 10 heteroatoms. The van der Waals surface area contributed by atoms with E-state index >= 15 is 0 Å². The quantitative estimate of drug-likeness (QED) is 0.646. The van der Waals surface area contributed by atoms with Crippen molar-refractivity contribution < 1.29 is 33.8 Å². The predicted molar refractivity (Wildman–Crippen MR) is 110 cm³/mol. The molecular formula is C21H27N3O7. The predicted octanol–water partition coefficient (Wildman–Crippen LogP) is 0.637. The van der Waals surface area contributed by atoms with Crippen LogP contribution >= 0.6 is 0 Å². The molecule has 0 saturated carbocycles. The number of likely N-dealkylation sites (tertiary alicyclic amines) is 1. The summed E-state index contributed by atoms with van der Waals surface area (Å²) in [6, 6.07) is 3.31. The van der Waals surface area contributed by atoms with Crippen molar-refractivity contribution in [2.24, 2.45) is 5.92 Å². The lowest BCUT2D eigenvalue weighted by Gasteiger charge is -2.26. The number of amides is 3. The van der Waals surface area contributed by atoms with Gasteiger partial charge in [0.1, 0.15) is 23.6 Å². The van der Waals surface area contributed by atoms with Gasteiger partial charge in [-0.15, -0.1) is 0 Å². The van der Waals surface area contributed by atoms with Gasteiger partial charge >= 0.3 is 5.97 Å². The minimum Gasteiger partial charge on any atom is -0.497 e. The summed E-state index contributed by atoms with van der Waals surface area (Å²) in [5, 5.41) is 11.9. The third-order valence-corrected chi connectivity index (χ3v) is 5.72. The highest BCUT2D eigenvalue weighted by Crippen LogP contribution is 2.36. The SMILES string of the molecule is COc1ccc(OC)c(N2CC(C(=O)NC(C)C(=O)N3CCCC3C(=O)O)CC2=O)c1. The third-order valence-electron chi connectivity index (χ3n) is 5.72. The van der Waals surface area contributed by atoms with Gasteiger partial charge in [-0.2, -0.15) is 0 Å². The molecule has 0 spiro atoms. The molecule has 3 rings (SSSR count). The Balaban J connectivity index is 1.67. The number of carboxylic acid groups (broad SMARTS) is 1. The van der Waals surface area contributed by atoms with Crippen LogP contribution in [0.15, 0.2) is 18.2 Å². The van der Waals surface area contributed by atoms with Gasteiger partial charge in [-0.3, -0.25) is 14.4 Å². The number of carbonyl (C=O) groups is 4. The first-order valence-electron chi connectivity index (χ1n) is 10.1. The maximum atomic E-state index is 12.8. The van der Waals surface area contributed by atoms with Gasteiger partial charge in [0.05, 0.1) is 25.8 Å². The van der Waals surface area contributed by atoms with Gasteiger partial charge < -0.3 is 29.7 Å². The first-order valence-corrected chi connectivity index (χ1v) is 10.1. The maximum Gasteiger partial charge on any atom is 0.326 e. The summed E-state index contributed by atoms with van der Waals surface area (Å²) in [5.74, 6) is -1.77. The zero-order valence-corrected chi connectivity index (χ0v) is 17.8. The van der Waals surface area contributed by atoms with E-state index in [0.717, 1.165) is 0 Å². The Morgan fingerprint density at radius 3 is 2.61 bits per heavy atom. The molecule has 0 bridgehead atoms. The van der Waals surface area contributed by atoms with E-state index in [1.807, 2.05) is 0 Å². The van der Waals surface area contributed by atoms with Crippen molar-refractivity contribution in [1.82, 2.24) is 10.2 Å². The molecule has 168 valence electrons. The molecule has 0 radical (unpaired) electrons. The van der Waals surface area contributed by atoms with Gasteiger partial charge in [-0.25, -0.2) is 4.79 Å². The molecule has 2 heterocycles. The minimum atomic E-state index is -1.05. The molecule has 3 atom stereocenters. The van der Waals surface area contributed by atoms with E-state index in [1.165, 1.54) is 30.9 Å². The number of rotatable bonds is 7. The van der Waals surface area contributed by atoms with Crippen molar-refractivity contribution in [3.8, 4) is 11.5 Å². The molecule has 2 fully saturated rings. The fourth-order valence-corrected chi connectivity index (χ4v) is 4.05. The number of nitrogens with zero attached hydrogens (tertiary/aromatic N) is 2. The molecule has 2 saturated heterocycles. The lowest BCUT2D eigenvalue weighted by molar-refractivity contribution is -0.149. The van der Waals surface area contributed by atoms with E-state index in [2.05, 4.69) is 5.32 Å². The molecule has 3 unspecified atom stereocenters. The first-order chi connectivity index (χ1) is 14.8. The topological polar surface area (TPSA) is 125 Å². The second-order valence-electron chi connectivity index (χ2n) is 7.70. The molecule has 1 aromatic rings. The van der Waals surface area contributed by atoms with Crippen LogP contribution in [0, 0.1) is 5.92 Å². The van der Waals surface area contributed by atoms with Gasteiger partial charge in [0.2, 0.25) is 17.7 Å². The zero-order chi connectivity index (χ0) is 22.7. The molecule has 2 aliphatic rings. The van der Waals surface area contributed by atoms with Crippen molar-refractivity contribution in [2.75, 3.05) is 32.2 Å². The van der Waals surface area contributed by atoms with Crippen molar-refractivity contribution >= 4 is 29.4 Å². The molecule has 0 aromatic heterocycles. The van der Waals surface area contributed by atoms with E-state index in [-0.39, 0.29) is 18.9 Å². The van der Waals surface area contributed by atoms with E-state index in [1.54, 1.807) is 18.2 Å². The molecular weight excluding hydrogens is 406 g/mol. The van der Waals surface area contributed by atoms with Crippen molar-refractivity contribution in [3.63, 3.8) is 0 Å². The number of hydrogen-bond donors (Lipinski definition) is 2. The lowest BCUT2D eigenvalue weighted by atomic mass is 10.1. The van der Waals surface area contributed by atoms with Crippen LogP contribution in [0.25, 0.3) is 0 Å². The van der Waals surface area contributed by atoms with Crippen molar-refractivity contribution in [3.05, 3.63) is 18.2 Å². The van der Waals surface area contributed by atoms with Gasteiger partial charge in [0.15, 0.2) is 0 Å². The minimum absolute atomic E-state index is 0.00538. The van der Waals surface area contributed by atoms with Gasteiger partial charge in [-0.05, 0) is 31.9 Å². The van der Waals surface area contributed by atoms with E-state index in [4.69, 9.17) is 9.47 Å². The highest BCUT2D eigenvalue weighted by Gasteiger charge is 2.39. The largest absolute Gasteiger partial charge is 0.497 e. The Labute approximate surface area is 180 Å². The Morgan fingerprint density at radius 2 is 1.97 bits per heavy atom. The van der Waals surface area contributed by atoms with Crippen LogP contribution in [-0.4, -0.2) is 73.1 Å². The number of hydrogen-bond acceptors (Lipinski definition) is 6. The number of nitrogens with one attached hydrogen (secondary N) is 1. The Bertz CT molecular complexity index is 888. The summed E-state index contributed by atoms with van der Waals surface area (Å²) in [6.45, 7) is 2.01. The molecule has 3 amide bonds. The highest BCUT2D eigenvalue weighted by molar-refractivity contribution is 6.02. The van der Waals surface area contributed by atoms with E-state index < -0.39 is 35.8 Å². The summed E-state index contributed by atoms with van der Waals surface area (Å²) in [4.78, 5) is 52.1. The van der Waals surface area contributed by atoms with Crippen LogP contribution < -0.4 is 19.7 Å². The number of anilines is 1. The standard InChI is InChI=1S/C21H27N3O7/c1-12(20(27)23-8-4-5-15(23)21(28)29)22-19(26)13-9-18(25)24(11-13)16-10-14(30-2)6-7-17(16)31-3/h6-7,10,12-13,15H,4-5,8-9,11H2,1-3H3,(H,22,26)(H,28,29). The highest BCUT2D eigenvalue weighted by atomic mass is 16.5. The Kier molecular flexibility index (Phi) is 6.67. The smallest absolute Gasteiger partial charge is 0.326 e. The van der Waals surface area contributed by atoms with Crippen LogP contribution in [0.5, 0.6) is 11.5 Å². The number of carboxylic acids is 1. The number of methoxy groups -OCH3 is 2. The fraction of sp³-hybridized carbons (Fsp3) is 0.524. The second-order valence-corrected chi connectivity index (χ2v) is 7.70. The first kappa shape index (κ1) is 22.4.